The van der Waals surface area contributed by atoms with Gasteiger partial charge in [-0.1, -0.05) is 28.9 Å². The van der Waals surface area contributed by atoms with Gasteiger partial charge in [0, 0.05) is 29.0 Å². The molecule has 0 amide bonds. The van der Waals surface area contributed by atoms with E-state index in [9.17, 15) is 0 Å². The molecule has 0 N–H and O–H groups in total. The quantitative estimate of drug-likeness (QED) is 0.795. The van der Waals surface area contributed by atoms with Gasteiger partial charge in [-0.15, -0.1) is 0 Å². The molecule has 2 aromatic carbocycles. The Bertz CT molecular complexity index is 867. The fourth-order valence-corrected chi connectivity index (χ4v) is 3.42. The Morgan fingerprint density at radius 2 is 2.00 bits per heavy atom. The molecule has 2 heterocycles. The molecule has 0 unspecified atom stereocenters. The maximum absolute atomic E-state index is 6.06. The summed E-state index contributed by atoms with van der Waals surface area (Å²) < 4.78 is 22.0. The van der Waals surface area contributed by atoms with Crippen LogP contribution in [0.4, 0.5) is 0 Å². The SMILES string of the molecule is COc1c(C[C@@H]2CC(c3cccc(Cl)c3)=NO2)cc2c(c1OC)OCO2. The summed E-state index contributed by atoms with van der Waals surface area (Å²) in [5.74, 6) is 2.37. The number of fused-ring (bicyclic) bond motifs is 1. The van der Waals surface area contributed by atoms with Crippen LogP contribution in [0.25, 0.3) is 0 Å². The van der Waals surface area contributed by atoms with E-state index in [2.05, 4.69) is 5.16 Å². The second kappa shape index (κ2) is 6.96. The van der Waals surface area contributed by atoms with Crippen LogP contribution in [0.1, 0.15) is 17.5 Å². The van der Waals surface area contributed by atoms with Gasteiger partial charge in [0.15, 0.2) is 11.5 Å². The van der Waals surface area contributed by atoms with Crippen molar-refractivity contribution in [3.05, 3.63) is 46.5 Å². The molecule has 1 atom stereocenters. The summed E-state index contributed by atoms with van der Waals surface area (Å²) in [4.78, 5) is 5.63. The van der Waals surface area contributed by atoms with Crippen molar-refractivity contribution in [2.24, 2.45) is 5.16 Å². The van der Waals surface area contributed by atoms with Crippen molar-refractivity contribution >= 4 is 17.3 Å². The molecule has 0 fully saturated rings. The normalized spacial score (nSPS) is 17.7. The largest absolute Gasteiger partial charge is 0.492 e. The van der Waals surface area contributed by atoms with Crippen molar-refractivity contribution < 1.29 is 23.8 Å². The minimum absolute atomic E-state index is 0.108. The fourth-order valence-electron chi connectivity index (χ4n) is 3.23. The molecule has 0 aromatic heterocycles. The van der Waals surface area contributed by atoms with Crippen molar-refractivity contribution in [3.63, 3.8) is 0 Å². The molecule has 136 valence electrons. The van der Waals surface area contributed by atoms with Crippen LogP contribution >= 0.6 is 11.6 Å². The summed E-state index contributed by atoms with van der Waals surface area (Å²) in [6.45, 7) is 0.167. The van der Waals surface area contributed by atoms with Crippen LogP contribution in [0.5, 0.6) is 23.0 Å². The zero-order chi connectivity index (χ0) is 18.1. The third-order valence-corrected chi connectivity index (χ3v) is 4.63. The molecule has 0 aliphatic carbocycles. The molecule has 0 spiro atoms. The summed E-state index contributed by atoms with van der Waals surface area (Å²) in [5.41, 5.74) is 2.76. The molecule has 7 heteroatoms. The first-order valence-electron chi connectivity index (χ1n) is 8.21. The first kappa shape index (κ1) is 16.8. The first-order chi connectivity index (χ1) is 12.7. The average molecular weight is 376 g/mol. The Kier molecular flexibility index (Phi) is 4.51. The summed E-state index contributed by atoms with van der Waals surface area (Å²) in [6.07, 6.45) is 1.17. The Labute approximate surface area is 156 Å². The van der Waals surface area contributed by atoms with Gasteiger partial charge in [0.25, 0.3) is 0 Å². The van der Waals surface area contributed by atoms with Crippen molar-refractivity contribution in [2.45, 2.75) is 18.9 Å². The maximum Gasteiger partial charge on any atom is 0.231 e. The molecule has 4 rings (SSSR count). The van der Waals surface area contributed by atoms with E-state index in [4.69, 9.17) is 35.4 Å². The summed E-state index contributed by atoms with van der Waals surface area (Å²) in [6, 6.07) is 9.50. The molecule has 0 radical (unpaired) electrons. The Hall–Kier alpha value is -2.60. The Balaban J connectivity index is 1.56. The third kappa shape index (κ3) is 3.01. The minimum atomic E-state index is -0.108. The van der Waals surface area contributed by atoms with Gasteiger partial charge >= 0.3 is 0 Å². The van der Waals surface area contributed by atoms with E-state index in [0.717, 1.165) is 16.8 Å². The number of ether oxygens (including phenoxy) is 4. The molecular formula is C19H18ClNO5. The maximum atomic E-state index is 6.06. The van der Waals surface area contributed by atoms with Crippen molar-refractivity contribution in [1.82, 2.24) is 0 Å². The number of hydrogen-bond donors (Lipinski definition) is 0. The number of rotatable bonds is 5. The van der Waals surface area contributed by atoms with Gasteiger partial charge in [-0.05, 0) is 18.2 Å². The van der Waals surface area contributed by atoms with Gasteiger partial charge in [-0.2, -0.15) is 0 Å². The fraction of sp³-hybridized carbons (Fsp3) is 0.316. The number of hydrogen-bond acceptors (Lipinski definition) is 6. The molecule has 0 saturated carbocycles. The highest BCUT2D eigenvalue weighted by atomic mass is 35.5. The van der Waals surface area contributed by atoms with Crippen LogP contribution in [0.3, 0.4) is 0 Å². The lowest BCUT2D eigenvalue weighted by molar-refractivity contribution is 0.0853. The lowest BCUT2D eigenvalue weighted by atomic mass is 9.99. The van der Waals surface area contributed by atoms with Gasteiger partial charge in [-0.25, -0.2) is 0 Å². The van der Waals surface area contributed by atoms with Crippen LogP contribution in [0.2, 0.25) is 5.02 Å². The second-order valence-corrected chi connectivity index (χ2v) is 6.46. The van der Waals surface area contributed by atoms with Crippen LogP contribution in [-0.4, -0.2) is 32.8 Å². The van der Waals surface area contributed by atoms with E-state index < -0.39 is 0 Å². The van der Waals surface area contributed by atoms with E-state index in [1.807, 2.05) is 30.3 Å². The molecule has 0 saturated heterocycles. The number of halogens is 1. The monoisotopic (exact) mass is 375 g/mol. The molecule has 2 aromatic rings. The number of oxime groups is 1. The van der Waals surface area contributed by atoms with E-state index in [1.54, 1.807) is 14.2 Å². The predicted octanol–water partition coefficient (Wildman–Crippen LogP) is 3.82. The van der Waals surface area contributed by atoms with Crippen LogP contribution < -0.4 is 18.9 Å². The Morgan fingerprint density at radius 1 is 1.15 bits per heavy atom. The van der Waals surface area contributed by atoms with Crippen molar-refractivity contribution in [1.29, 1.82) is 0 Å². The van der Waals surface area contributed by atoms with E-state index in [1.165, 1.54) is 0 Å². The van der Waals surface area contributed by atoms with Gasteiger partial charge in [0.1, 0.15) is 6.10 Å². The average Bonchev–Trinajstić information content (AvgIpc) is 3.29. The van der Waals surface area contributed by atoms with E-state index >= 15 is 0 Å². The molecule has 2 aliphatic rings. The van der Waals surface area contributed by atoms with E-state index in [0.29, 0.717) is 40.9 Å². The van der Waals surface area contributed by atoms with Crippen molar-refractivity contribution in [3.8, 4) is 23.0 Å². The van der Waals surface area contributed by atoms with E-state index in [-0.39, 0.29) is 12.9 Å². The van der Waals surface area contributed by atoms with Gasteiger partial charge in [0.05, 0.1) is 19.9 Å². The van der Waals surface area contributed by atoms with Crippen LogP contribution in [-0.2, 0) is 11.3 Å². The number of nitrogens with zero attached hydrogens (tertiary/aromatic N) is 1. The molecule has 0 bridgehead atoms. The van der Waals surface area contributed by atoms with Crippen LogP contribution in [0, 0.1) is 0 Å². The van der Waals surface area contributed by atoms with Crippen LogP contribution in [0.15, 0.2) is 35.5 Å². The molecule has 26 heavy (non-hydrogen) atoms. The Morgan fingerprint density at radius 3 is 2.77 bits per heavy atom. The second-order valence-electron chi connectivity index (χ2n) is 6.02. The molecular weight excluding hydrogens is 358 g/mol. The zero-order valence-electron chi connectivity index (χ0n) is 14.5. The predicted molar refractivity (Wildman–Crippen MR) is 96.9 cm³/mol. The summed E-state index contributed by atoms with van der Waals surface area (Å²) >= 11 is 6.06. The number of methoxy groups -OCH3 is 2. The van der Waals surface area contributed by atoms with Gasteiger partial charge in [0.2, 0.25) is 18.3 Å². The minimum Gasteiger partial charge on any atom is -0.492 e. The third-order valence-electron chi connectivity index (χ3n) is 4.40. The highest BCUT2D eigenvalue weighted by molar-refractivity contribution is 6.31. The number of benzene rings is 2. The smallest absolute Gasteiger partial charge is 0.231 e. The van der Waals surface area contributed by atoms with Crippen molar-refractivity contribution in [2.75, 3.05) is 21.0 Å². The standard InChI is InChI=1S/C19H18ClNO5/c1-22-17-12(8-16-18(19(17)23-2)25-10-24-16)7-14-9-15(21-26-14)11-4-3-5-13(20)6-11/h3-6,8,14H,7,9-10H2,1-2H3/t14-/m1/s1. The molecule has 2 aliphatic heterocycles. The molecule has 6 nitrogen and oxygen atoms in total. The topological polar surface area (TPSA) is 58.5 Å². The first-order valence-corrected chi connectivity index (χ1v) is 8.59. The summed E-state index contributed by atoms with van der Waals surface area (Å²) in [7, 11) is 3.18. The lowest BCUT2D eigenvalue weighted by Gasteiger charge is -2.16. The van der Waals surface area contributed by atoms with Gasteiger partial charge in [-0.3, -0.25) is 0 Å². The summed E-state index contributed by atoms with van der Waals surface area (Å²) in [5, 5.41) is 4.90. The highest BCUT2D eigenvalue weighted by Crippen LogP contribution is 2.49. The van der Waals surface area contributed by atoms with Gasteiger partial charge < -0.3 is 23.8 Å². The highest BCUT2D eigenvalue weighted by Gasteiger charge is 2.29. The lowest BCUT2D eigenvalue weighted by Crippen LogP contribution is -2.13. The zero-order valence-corrected chi connectivity index (χ0v) is 15.2.